The molecule has 1 atom stereocenters. The molecule has 1 aromatic carbocycles. The van der Waals surface area contributed by atoms with E-state index >= 15 is 0 Å². The highest BCUT2D eigenvalue weighted by atomic mass is 16.6. The first-order valence-electron chi connectivity index (χ1n) is 11.6. The Morgan fingerprint density at radius 1 is 1.33 bits per heavy atom. The second-order valence-corrected chi connectivity index (χ2v) is 8.48. The number of hydrogen-bond acceptors (Lipinski definition) is 6. The number of hydrogen-bond donors (Lipinski definition) is 1. The summed E-state index contributed by atoms with van der Waals surface area (Å²) < 4.78 is 18.7. The van der Waals surface area contributed by atoms with Gasteiger partial charge >= 0.3 is 6.09 Å². The normalized spacial score (nSPS) is 15.4. The van der Waals surface area contributed by atoms with Crippen LogP contribution in [0.5, 0.6) is 5.75 Å². The SMILES string of the molecule is CCCC(C)OC(=O)Nc1ccc(-c2nc(C3CCOCC3)n3ccnc(C)c23)cc1OC. The van der Waals surface area contributed by atoms with Crippen LogP contribution in [0, 0.1) is 6.92 Å². The number of carbonyl (C=O) groups is 1. The lowest BCUT2D eigenvalue weighted by Gasteiger charge is -2.20. The van der Waals surface area contributed by atoms with E-state index in [0.29, 0.717) is 17.4 Å². The highest BCUT2D eigenvalue weighted by molar-refractivity contribution is 5.89. The van der Waals surface area contributed by atoms with E-state index in [2.05, 4.69) is 21.6 Å². The van der Waals surface area contributed by atoms with Crippen LogP contribution in [0.15, 0.2) is 30.6 Å². The van der Waals surface area contributed by atoms with Gasteiger partial charge < -0.3 is 14.2 Å². The smallest absolute Gasteiger partial charge is 0.412 e. The van der Waals surface area contributed by atoms with Crippen LogP contribution in [0.2, 0.25) is 0 Å². The van der Waals surface area contributed by atoms with Gasteiger partial charge in [-0.1, -0.05) is 19.4 Å². The largest absolute Gasteiger partial charge is 0.495 e. The number of nitrogens with one attached hydrogen (secondary N) is 1. The van der Waals surface area contributed by atoms with E-state index in [4.69, 9.17) is 19.2 Å². The van der Waals surface area contributed by atoms with Gasteiger partial charge in [0.15, 0.2) is 0 Å². The molecule has 3 heterocycles. The van der Waals surface area contributed by atoms with Gasteiger partial charge in [-0.15, -0.1) is 0 Å². The number of methoxy groups -OCH3 is 1. The minimum atomic E-state index is -0.490. The summed E-state index contributed by atoms with van der Waals surface area (Å²) in [6, 6.07) is 5.66. The third kappa shape index (κ3) is 4.95. The van der Waals surface area contributed by atoms with Crippen molar-refractivity contribution in [1.29, 1.82) is 0 Å². The monoisotopic (exact) mass is 452 g/mol. The Hall–Kier alpha value is -3.13. The maximum atomic E-state index is 12.3. The van der Waals surface area contributed by atoms with E-state index in [-0.39, 0.29) is 6.10 Å². The molecule has 2 aromatic heterocycles. The molecular weight excluding hydrogens is 420 g/mol. The number of nitrogens with zero attached hydrogens (tertiary/aromatic N) is 3. The Labute approximate surface area is 194 Å². The number of fused-ring (bicyclic) bond motifs is 1. The summed E-state index contributed by atoms with van der Waals surface area (Å²) in [5, 5.41) is 2.80. The van der Waals surface area contributed by atoms with Crippen LogP contribution >= 0.6 is 0 Å². The van der Waals surface area contributed by atoms with E-state index in [1.165, 1.54) is 0 Å². The van der Waals surface area contributed by atoms with Gasteiger partial charge in [-0.05, 0) is 45.2 Å². The van der Waals surface area contributed by atoms with Crippen molar-refractivity contribution in [3.63, 3.8) is 0 Å². The molecule has 1 amide bonds. The Morgan fingerprint density at radius 2 is 2.12 bits per heavy atom. The van der Waals surface area contributed by atoms with Gasteiger partial charge in [-0.3, -0.25) is 14.7 Å². The number of ether oxygens (including phenoxy) is 3. The zero-order valence-corrected chi connectivity index (χ0v) is 19.8. The van der Waals surface area contributed by atoms with Gasteiger partial charge in [0.25, 0.3) is 0 Å². The van der Waals surface area contributed by atoms with Crippen LogP contribution in [0.3, 0.4) is 0 Å². The molecule has 0 spiro atoms. The fourth-order valence-corrected chi connectivity index (χ4v) is 4.39. The lowest BCUT2D eigenvalue weighted by Crippen LogP contribution is -2.20. The summed E-state index contributed by atoms with van der Waals surface area (Å²) in [6.07, 6.45) is 6.83. The molecule has 1 fully saturated rings. The van der Waals surface area contributed by atoms with E-state index in [9.17, 15) is 4.79 Å². The Kier molecular flexibility index (Phi) is 7.13. The topological polar surface area (TPSA) is 87.0 Å². The first-order valence-corrected chi connectivity index (χ1v) is 11.6. The third-order valence-corrected chi connectivity index (χ3v) is 6.07. The molecule has 33 heavy (non-hydrogen) atoms. The summed E-state index contributed by atoms with van der Waals surface area (Å²) in [4.78, 5) is 21.9. The fraction of sp³-hybridized carbons (Fsp3) is 0.480. The maximum Gasteiger partial charge on any atom is 0.412 e. The fourth-order valence-electron chi connectivity index (χ4n) is 4.39. The number of rotatable bonds is 7. The molecular formula is C25H32N4O4. The summed E-state index contributed by atoms with van der Waals surface area (Å²) in [6.45, 7) is 7.44. The van der Waals surface area contributed by atoms with Crippen molar-refractivity contribution in [3.05, 3.63) is 42.1 Å². The molecule has 8 nitrogen and oxygen atoms in total. The highest BCUT2D eigenvalue weighted by Crippen LogP contribution is 2.36. The summed E-state index contributed by atoms with van der Waals surface area (Å²) in [5.41, 5.74) is 4.20. The zero-order chi connectivity index (χ0) is 23.4. The van der Waals surface area contributed by atoms with Gasteiger partial charge in [0.1, 0.15) is 17.7 Å². The highest BCUT2D eigenvalue weighted by Gasteiger charge is 2.24. The molecule has 3 aromatic rings. The average Bonchev–Trinajstić information content (AvgIpc) is 3.21. The van der Waals surface area contributed by atoms with E-state index < -0.39 is 6.09 Å². The summed E-state index contributed by atoms with van der Waals surface area (Å²) >= 11 is 0. The lowest BCUT2D eigenvalue weighted by molar-refractivity contribution is 0.0835. The minimum absolute atomic E-state index is 0.142. The summed E-state index contributed by atoms with van der Waals surface area (Å²) in [5.74, 6) is 1.91. The average molecular weight is 453 g/mol. The Morgan fingerprint density at radius 3 is 2.85 bits per heavy atom. The van der Waals surface area contributed by atoms with Crippen LogP contribution in [0.4, 0.5) is 10.5 Å². The predicted molar refractivity (Wildman–Crippen MR) is 127 cm³/mol. The third-order valence-electron chi connectivity index (χ3n) is 6.07. The number of carbonyl (C=O) groups excluding carboxylic acids is 1. The van der Waals surface area contributed by atoms with Crippen LogP contribution < -0.4 is 10.1 Å². The van der Waals surface area contributed by atoms with Crippen LogP contribution in [-0.2, 0) is 9.47 Å². The minimum Gasteiger partial charge on any atom is -0.495 e. The van der Waals surface area contributed by atoms with Gasteiger partial charge in [-0.2, -0.15) is 0 Å². The molecule has 0 bridgehead atoms. The van der Waals surface area contributed by atoms with Gasteiger partial charge in [0, 0.05) is 37.1 Å². The summed E-state index contributed by atoms with van der Waals surface area (Å²) in [7, 11) is 1.58. The van der Waals surface area contributed by atoms with Crippen molar-refractivity contribution in [3.8, 4) is 17.0 Å². The zero-order valence-electron chi connectivity index (χ0n) is 19.8. The Bertz CT molecular complexity index is 1120. The molecule has 1 aliphatic heterocycles. The number of anilines is 1. The number of benzene rings is 1. The molecule has 176 valence electrons. The van der Waals surface area contributed by atoms with Crippen molar-refractivity contribution in [1.82, 2.24) is 14.4 Å². The molecule has 8 heteroatoms. The number of aryl methyl sites for hydroxylation is 1. The van der Waals surface area contributed by atoms with Gasteiger partial charge in [-0.25, -0.2) is 9.78 Å². The Balaban J connectivity index is 1.68. The van der Waals surface area contributed by atoms with Gasteiger partial charge in [0.05, 0.1) is 29.7 Å². The molecule has 4 rings (SSSR count). The first kappa shape index (κ1) is 23.0. The molecule has 1 N–H and O–H groups in total. The standard InChI is InChI=1S/C25H32N4O4/c1-5-6-16(2)33-25(30)27-20-8-7-19(15-21(20)31-4)22-23-17(3)26-11-12-29(23)24(28-22)18-9-13-32-14-10-18/h7-8,11-12,15-16,18H,5-6,9-10,13-14H2,1-4H3,(H,27,30). The van der Waals surface area contributed by atoms with E-state index in [1.807, 2.05) is 44.4 Å². The predicted octanol–water partition coefficient (Wildman–Crippen LogP) is 5.34. The molecule has 1 saturated heterocycles. The molecule has 1 aliphatic rings. The molecule has 1 unspecified atom stereocenters. The van der Waals surface area contributed by atoms with E-state index in [1.54, 1.807) is 7.11 Å². The van der Waals surface area contributed by atoms with Crippen molar-refractivity contribution in [2.75, 3.05) is 25.6 Å². The number of aromatic nitrogens is 3. The van der Waals surface area contributed by atoms with E-state index in [0.717, 1.165) is 67.2 Å². The molecule has 0 saturated carbocycles. The van der Waals surface area contributed by atoms with Crippen LogP contribution in [0.25, 0.3) is 16.8 Å². The maximum absolute atomic E-state index is 12.3. The van der Waals surface area contributed by atoms with Crippen molar-refractivity contribution in [2.24, 2.45) is 0 Å². The number of amides is 1. The quantitative estimate of drug-likeness (QED) is 0.520. The van der Waals surface area contributed by atoms with Crippen LogP contribution in [-0.4, -0.2) is 46.9 Å². The van der Waals surface area contributed by atoms with Crippen molar-refractivity contribution >= 4 is 17.3 Å². The second kappa shape index (κ2) is 10.2. The lowest BCUT2D eigenvalue weighted by atomic mass is 9.99. The van der Waals surface area contributed by atoms with Gasteiger partial charge in [0.2, 0.25) is 0 Å². The number of imidazole rings is 1. The first-order chi connectivity index (χ1) is 16.0. The van der Waals surface area contributed by atoms with Crippen molar-refractivity contribution < 1.29 is 19.0 Å². The van der Waals surface area contributed by atoms with Crippen molar-refractivity contribution in [2.45, 2.75) is 58.5 Å². The van der Waals surface area contributed by atoms with Crippen LogP contribution in [0.1, 0.15) is 57.0 Å². The molecule has 0 aliphatic carbocycles. The second-order valence-electron chi connectivity index (χ2n) is 8.48. The molecule has 0 radical (unpaired) electrons.